The molecule has 210 valence electrons. The normalized spacial score (nSPS) is 28.3. The van der Waals surface area contributed by atoms with Gasteiger partial charge in [0.25, 0.3) is 18.4 Å². The maximum Gasteiger partial charge on any atom is 0.264 e. The molecule has 0 saturated carbocycles. The van der Waals surface area contributed by atoms with Crippen molar-refractivity contribution in [2.45, 2.75) is 82.6 Å². The summed E-state index contributed by atoms with van der Waals surface area (Å²) in [5.74, 6) is -0.877. The van der Waals surface area contributed by atoms with Crippen LogP contribution in [-0.4, -0.2) is 72.7 Å². The molecule has 0 amide bonds. The summed E-state index contributed by atoms with van der Waals surface area (Å²) in [5.41, 5.74) is -1.34. The Balaban J connectivity index is 1.84. The van der Waals surface area contributed by atoms with Gasteiger partial charge in [0.05, 0.1) is 12.9 Å². The lowest BCUT2D eigenvalue weighted by atomic mass is 9.90. The highest BCUT2D eigenvalue weighted by Gasteiger charge is 2.66. The fraction of sp³-hybridized carbons (Fsp3) is 0.571. The maximum absolute atomic E-state index is 12.3. The Hall–Kier alpha value is -1.63. The summed E-state index contributed by atoms with van der Waals surface area (Å²) >= 11 is 0. The molecule has 10 heteroatoms. The topological polar surface area (TPSA) is 89.5 Å². The third-order valence-electron chi connectivity index (χ3n) is 7.40. The number of ether oxygens (including phenoxy) is 4. The first-order valence-corrected chi connectivity index (χ1v) is 16.6. The molecular weight excluding hydrogens is 524 g/mol. The molecule has 38 heavy (non-hydrogen) atoms. The molecule has 2 aromatic carbocycles. The minimum atomic E-state index is -3.82. The number of methoxy groups -OCH3 is 1. The van der Waals surface area contributed by atoms with Crippen LogP contribution < -0.4 is 10.4 Å². The van der Waals surface area contributed by atoms with E-state index in [4.69, 9.17) is 27.6 Å². The van der Waals surface area contributed by atoms with E-state index in [9.17, 15) is 8.42 Å². The van der Waals surface area contributed by atoms with Crippen LogP contribution in [0.3, 0.4) is 0 Å². The minimum Gasteiger partial charge on any atom is -0.404 e. The van der Waals surface area contributed by atoms with Crippen molar-refractivity contribution in [3.63, 3.8) is 0 Å². The van der Waals surface area contributed by atoms with Crippen LogP contribution in [-0.2, 0) is 37.7 Å². The zero-order valence-electron chi connectivity index (χ0n) is 23.5. The second-order valence-corrected chi connectivity index (χ2v) is 17.5. The first kappa shape index (κ1) is 29.4. The highest BCUT2D eigenvalue weighted by molar-refractivity contribution is 7.86. The summed E-state index contributed by atoms with van der Waals surface area (Å²) < 4.78 is 62.0. The number of fused-ring (bicyclic) bond motifs is 1. The van der Waals surface area contributed by atoms with Gasteiger partial charge in [-0.25, -0.2) is 0 Å². The van der Waals surface area contributed by atoms with Crippen molar-refractivity contribution in [3.05, 3.63) is 60.7 Å². The molecule has 0 spiro atoms. The van der Waals surface area contributed by atoms with E-state index in [1.807, 2.05) is 36.4 Å². The smallest absolute Gasteiger partial charge is 0.264 e. The lowest BCUT2D eigenvalue weighted by Crippen LogP contribution is -2.69. The van der Waals surface area contributed by atoms with Crippen molar-refractivity contribution in [3.8, 4) is 0 Å². The fourth-order valence-corrected chi connectivity index (χ4v) is 11.1. The van der Waals surface area contributed by atoms with Crippen molar-refractivity contribution in [2.75, 3.05) is 20.0 Å². The summed E-state index contributed by atoms with van der Waals surface area (Å²) in [6, 6.07) is 20.4. The van der Waals surface area contributed by atoms with Gasteiger partial charge in [-0.2, -0.15) is 8.42 Å². The molecule has 5 atom stereocenters. The average Bonchev–Trinajstić information content (AvgIpc) is 3.27. The zero-order chi connectivity index (χ0) is 28.0. The zero-order valence-corrected chi connectivity index (χ0v) is 25.3. The van der Waals surface area contributed by atoms with Crippen LogP contribution in [0.15, 0.2) is 60.7 Å². The quantitative estimate of drug-likeness (QED) is 0.339. The highest BCUT2D eigenvalue weighted by atomic mass is 32.2. The Bertz CT molecular complexity index is 1160. The van der Waals surface area contributed by atoms with Gasteiger partial charge in [-0.05, 0) is 36.2 Å². The van der Waals surface area contributed by atoms with Gasteiger partial charge in [0.15, 0.2) is 12.1 Å². The molecule has 2 aliphatic rings. The van der Waals surface area contributed by atoms with Crippen LogP contribution in [0.2, 0.25) is 5.04 Å². The van der Waals surface area contributed by atoms with Crippen LogP contribution in [0, 0.1) is 0 Å². The van der Waals surface area contributed by atoms with E-state index in [1.165, 1.54) is 0 Å². The Morgan fingerprint density at radius 3 is 1.92 bits per heavy atom. The highest BCUT2D eigenvalue weighted by Crippen LogP contribution is 2.47. The summed E-state index contributed by atoms with van der Waals surface area (Å²) in [6.07, 6.45) is -2.02. The predicted octanol–water partition coefficient (Wildman–Crippen LogP) is 3.19. The van der Waals surface area contributed by atoms with Gasteiger partial charge in [-0.15, -0.1) is 0 Å². The Labute approximate surface area is 227 Å². The average molecular weight is 565 g/mol. The molecule has 2 fully saturated rings. The number of rotatable bonds is 9. The lowest BCUT2D eigenvalue weighted by molar-refractivity contribution is -0.262. The monoisotopic (exact) mass is 564 g/mol. The van der Waals surface area contributed by atoms with Gasteiger partial charge in [0.1, 0.15) is 23.9 Å². The van der Waals surface area contributed by atoms with E-state index >= 15 is 0 Å². The third kappa shape index (κ3) is 5.38. The molecule has 2 aromatic rings. The van der Waals surface area contributed by atoms with Crippen LogP contribution >= 0.6 is 0 Å². The lowest BCUT2D eigenvalue weighted by Gasteiger charge is -2.47. The van der Waals surface area contributed by atoms with E-state index in [0.717, 1.165) is 16.6 Å². The van der Waals surface area contributed by atoms with Gasteiger partial charge in [-0.1, -0.05) is 81.4 Å². The molecule has 1 unspecified atom stereocenters. The predicted molar refractivity (Wildman–Crippen MR) is 147 cm³/mol. The van der Waals surface area contributed by atoms with Crippen molar-refractivity contribution < 1.29 is 36.0 Å². The third-order valence-corrected chi connectivity index (χ3v) is 13.0. The van der Waals surface area contributed by atoms with Crippen LogP contribution in [0.4, 0.5) is 0 Å². The first-order chi connectivity index (χ1) is 17.7. The van der Waals surface area contributed by atoms with Gasteiger partial charge in [0, 0.05) is 7.11 Å². The Morgan fingerprint density at radius 1 is 0.947 bits per heavy atom. The minimum absolute atomic E-state index is 0.00434. The standard InChI is InChI=1S/C28H40O8SSi/c1-20(36-37(8,29)30)28(24(31-7)23-25(35-28)34-27(5,6)33-23)19-32-38(26(2,3)4,21-15-11-9-12-16-21)22-17-13-10-14-18-22/h9-18,20,23-25H,19H2,1-8H3/t20?,23-,24+,25+,28+/m1/s1. The number of benzene rings is 2. The Morgan fingerprint density at radius 2 is 1.47 bits per heavy atom. The molecular formula is C28H40O8SSi. The van der Waals surface area contributed by atoms with Gasteiger partial charge in [0.2, 0.25) is 0 Å². The van der Waals surface area contributed by atoms with E-state index < -0.39 is 54.4 Å². The van der Waals surface area contributed by atoms with Crippen LogP contribution in [0.5, 0.6) is 0 Å². The number of hydrogen-bond donors (Lipinski definition) is 0. The molecule has 8 nitrogen and oxygen atoms in total. The Kier molecular flexibility index (Phi) is 8.04. The van der Waals surface area contributed by atoms with E-state index in [-0.39, 0.29) is 11.6 Å². The molecule has 4 rings (SSSR count). The second kappa shape index (κ2) is 10.4. The molecule has 0 radical (unpaired) electrons. The van der Waals surface area contributed by atoms with Crippen molar-refractivity contribution >= 4 is 28.8 Å². The first-order valence-electron chi connectivity index (χ1n) is 12.8. The maximum atomic E-state index is 12.3. The van der Waals surface area contributed by atoms with Gasteiger partial charge >= 0.3 is 0 Å². The van der Waals surface area contributed by atoms with Crippen molar-refractivity contribution in [1.29, 1.82) is 0 Å². The van der Waals surface area contributed by atoms with Crippen LogP contribution in [0.1, 0.15) is 41.5 Å². The summed E-state index contributed by atoms with van der Waals surface area (Å²) in [4.78, 5) is 0. The molecule has 2 heterocycles. The van der Waals surface area contributed by atoms with E-state index in [1.54, 1.807) is 27.9 Å². The molecule has 2 aliphatic heterocycles. The summed E-state index contributed by atoms with van der Waals surface area (Å²) in [6.45, 7) is 11.8. The van der Waals surface area contributed by atoms with Crippen molar-refractivity contribution in [1.82, 2.24) is 0 Å². The second-order valence-electron chi connectivity index (χ2n) is 11.6. The van der Waals surface area contributed by atoms with Gasteiger partial charge in [-0.3, -0.25) is 4.18 Å². The SMILES string of the molecule is CO[C@H]1[C@H]2OC(C)(C)O[C@H]2O[C@@]1(CO[Si](c1ccccc1)(c1ccccc1)C(C)(C)C)C(C)OS(C)(=O)=O. The molecule has 0 N–H and O–H groups in total. The molecule has 2 saturated heterocycles. The largest absolute Gasteiger partial charge is 0.404 e. The summed E-state index contributed by atoms with van der Waals surface area (Å²) in [5, 5.41) is 1.88. The van der Waals surface area contributed by atoms with E-state index in [0.29, 0.717) is 0 Å². The summed E-state index contributed by atoms with van der Waals surface area (Å²) in [7, 11) is -5.27. The molecule has 0 bridgehead atoms. The molecule has 0 aromatic heterocycles. The van der Waals surface area contributed by atoms with E-state index in [2.05, 4.69) is 45.0 Å². The van der Waals surface area contributed by atoms with Crippen LogP contribution in [0.25, 0.3) is 0 Å². The van der Waals surface area contributed by atoms with Gasteiger partial charge < -0.3 is 23.4 Å². The fourth-order valence-electron chi connectivity index (χ4n) is 5.84. The molecule has 0 aliphatic carbocycles. The number of hydrogen-bond acceptors (Lipinski definition) is 8. The van der Waals surface area contributed by atoms with Crippen molar-refractivity contribution in [2.24, 2.45) is 0 Å².